The number of amides is 1. The maximum Gasteiger partial charge on any atom is 0.230 e. The second-order valence-corrected chi connectivity index (χ2v) is 13.2. The average Bonchev–Trinajstić information content (AvgIpc) is 3.37. The van der Waals surface area contributed by atoms with Crippen LogP contribution in [0.2, 0.25) is 0 Å². The Morgan fingerprint density at radius 1 is 1.17 bits per heavy atom. The summed E-state index contributed by atoms with van der Waals surface area (Å²) in [6, 6.07) is 16.3. The Labute approximate surface area is 217 Å². The Hall–Kier alpha value is -2.59. The van der Waals surface area contributed by atoms with E-state index >= 15 is 0 Å². The smallest absolute Gasteiger partial charge is 0.230 e. The van der Waals surface area contributed by atoms with E-state index in [1.165, 1.54) is 11.3 Å². The number of thiazole rings is 1. The molecule has 7 nitrogen and oxygen atoms in total. The third-order valence-electron chi connectivity index (χ3n) is 6.56. The maximum absolute atomic E-state index is 12.7. The van der Waals surface area contributed by atoms with Crippen LogP contribution in [0.4, 0.5) is 5.13 Å². The number of rotatable bonds is 9. The first-order valence-corrected chi connectivity index (χ1v) is 14.6. The SMILES string of the molecule is CCS(=O)(=O)c1ccc(CC(=O)Nc2nc3c(s2)CN([C@](C)(O)Cc2ccccc2)[C@H]3C(C)C)cc1. The van der Waals surface area contributed by atoms with Crippen molar-refractivity contribution < 1.29 is 18.3 Å². The number of nitrogens with zero attached hydrogens (tertiary/aromatic N) is 2. The molecule has 1 aliphatic heterocycles. The van der Waals surface area contributed by atoms with E-state index < -0.39 is 15.6 Å². The molecule has 0 fully saturated rings. The van der Waals surface area contributed by atoms with Crippen LogP contribution in [-0.2, 0) is 34.0 Å². The Morgan fingerprint density at radius 3 is 2.44 bits per heavy atom. The largest absolute Gasteiger partial charge is 0.376 e. The lowest BCUT2D eigenvalue weighted by Crippen LogP contribution is -2.48. The second kappa shape index (κ2) is 10.4. The minimum atomic E-state index is -3.27. The van der Waals surface area contributed by atoms with E-state index in [0.717, 1.165) is 21.7 Å². The zero-order valence-corrected chi connectivity index (χ0v) is 22.7. The Morgan fingerprint density at radius 2 is 1.83 bits per heavy atom. The molecule has 0 aliphatic carbocycles. The van der Waals surface area contributed by atoms with Gasteiger partial charge in [0.2, 0.25) is 5.91 Å². The Bertz CT molecular complexity index is 1320. The van der Waals surface area contributed by atoms with Gasteiger partial charge in [-0.2, -0.15) is 0 Å². The number of hydrogen-bond acceptors (Lipinski definition) is 7. The number of hydrogen-bond donors (Lipinski definition) is 2. The summed E-state index contributed by atoms with van der Waals surface area (Å²) < 4.78 is 24.0. The molecule has 0 saturated carbocycles. The van der Waals surface area contributed by atoms with Crippen molar-refractivity contribution in [1.29, 1.82) is 0 Å². The van der Waals surface area contributed by atoms with Crippen LogP contribution in [0.15, 0.2) is 59.5 Å². The number of aromatic nitrogens is 1. The molecule has 3 aromatic rings. The predicted octanol–water partition coefficient (Wildman–Crippen LogP) is 4.58. The number of nitrogens with one attached hydrogen (secondary N) is 1. The summed E-state index contributed by atoms with van der Waals surface area (Å²) in [6.45, 7) is 8.26. The van der Waals surface area contributed by atoms with E-state index in [1.54, 1.807) is 31.2 Å². The van der Waals surface area contributed by atoms with E-state index in [4.69, 9.17) is 4.98 Å². The van der Waals surface area contributed by atoms with Crippen molar-refractivity contribution in [2.45, 2.75) is 63.7 Å². The van der Waals surface area contributed by atoms with Gasteiger partial charge in [0.15, 0.2) is 15.0 Å². The molecule has 192 valence electrons. The zero-order valence-electron chi connectivity index (χ0n) is 21.1. The molecular weight excluding hydrogens is 494 g/mol. The predicted molar refractivity (Wildman–Crippen MR) is 143 cm³/mol. The number of fused-ring (bicyclic) bond motifs is 1. The maximum atomic E-state index is 12.7. The third-order valence-corrected chi connectivity index (χ3v) is 9.28. The van der Waals surface area contributed by atoms with Crippen molar-refractivity contribution >= 4 is 32.2 Å². The first kappa shape index (κ1) is 26.5. The molecule has 2 heterocycles. The van der Waals surface area contributed by atoms with Gasteiger partial charge in [-0.3, -0.25) is 9.69 Å². The molecule has 2 N–H and O–H groups in total. The first-order valence-electron chi connectivity index (χ1n) is 12.1. The van der Waals surface area contributed by atoms with Crippen molar-refractivity contribution in [1.82, 2.24) is 9.88 Å². The number of carbonyl (C=O) groups excluding carboxylic acids is 1. The lowest BCUT2D eigenvalue weighted by Gasteiger charge is -2.40. The summed E-state index contributed by atoms with van der Waals surface area (Å²) >= 11 is 1.44. The molecule has 2 atom stereocenters. The van der Waals surface area contributed by atoms with Gasteiger partial charge >= 0.3 is 0 Å². The van der Waals surface area contributed by atoms with E-state index in [-0.39, 0.29) is 34.9 Å². The minimum absolute atomic E-state index is 0.0397. The van der Waals surface area contributed by atoms with E-state index in [1.807, 2.05) is 37.3 Å². The van der Waals surface area contributed by atoms with Crippen molar-refractivity contribution in [3.63, 3.8) is 0 Å². The van der Waals surface area contributed by atoms with Crippen LogP contribution in [0.1, 0.15) is 55.4 Å². The monoisotopic (exact) mass is 527 g/mol. The van der Waals surface area contributed by atoms with Gasteiger partial charge in [-0.15, -0.1) is 11.3 Å². The third kappa shape index (κ3) is 5.70. The fourth-order valence-corrected chi connectivity index (χ4v) is 6.62. The standard InChI is InChI=1S/C27H33N3O4S2/c1-5-36(33,34)21-13-11-19(12-14-21)15-23(31)28-26-29-24-22(35-26)17-30(25(24)18(2)3)27(4,32)16-20-9-7-6-8-10-20/h6-14,18,25,32H,5,15-17H2,1-4H3,(H,28,29,31)/t25-,27+/m0/s1. The van der Waals surface area contributed by atoms with Crippen LogP contribution in [0.5, 0.6) is 0 Å². The van der Waals surface area contributed by atoms with Crippen LogP contribution in [0.3, 0.4) is 0 Å². The summed E-state index contributed by atoms with van der Waals surface area (Å²) in [5.74, 6) is 0.0532. The topological polar surface area (TPSA) is 99.6 Å². The summed E-state index contributed by atoms with van der Waals surface area (Å²) in [5.41, 5.74) is 1.67. The van der Waals surface area contributed by atoms with Gasteiger partial charge in [0.25, 0.3) is 0 Å². The normalized spacial score (nSPS) is 17.7. The van der Waals surface area contributed by atoms with Gasteiger partial charge in [0.1, 0.15) is 5.72 Å². The van der Waals surface area contributed by atoms with Crippen molar-refractivity contribution in [2.75, 3.05) is 11.1 Å². The highest BCUT2D eigenvalue weighted by atomic mass is 32.2. The highest BCUT2D eigenvalue weighted by Crippen LogP contribution is 2.45. The van der Waals surface area contributed by atoms with Crippen LogP contribution in [0, 0.1) is 5.92 Å². The molecule has 1 aromatic heterocycles. The van der Waals surface area contributed by atoms with Crippen LogP contribution in [-0.4, -0.2) is 40.8 Å². The van der Waals surface area contributed by atoms with Crippen molar-refractivity contribution in [2.24, 2.45) is 5.92 Å². The number of anilines is 1. The van der Waals surface area contributed by atoms with Gasteiger partial charge in [-0.05, 0) is 36.1 Å². The fourth-order valence-electron chi connectivity index (χ4n) is 4.72. The number of aliphatic hydroxyl groups is 1. The number of sulfone groups is 1. The molecule has 1 aliphatic rings. The van der Waals surface area contributed by atoms with Crippen LogP contribution < -0.4 is 5.32 Å². The Kier molecular flexibility index (Phi) is 7.66. The molecule has 2 aromatic carbocycles. The molecule has 9 heteroatoms. The van der Waals surface area contributed by atoms with Gasteiger partial charge in [-0.1, -0.05) is 63.2 Å². The van der Waals surface area contributed by atoms with Crippen LogP contribution in [0.25, 0.3) is 0 Å². The summed E-state index contributed by atoms with van der Waals surface area (Å²) in [6.07, 6.45) is 0.635. The summed E-state index contributed by atoms with van der Waals surface area (Å²) in [5, 5.41) is 14.9. The molecule has 0 spiro atoms. The zero-order chi connectivity index (χ0) is 26.1. The molecule has 0 radical (unpaired) electrons. The molecular formula is C27H33N3O4S2. The van der Waals surface area contributed by atoms with E-state index in [2.05, 4.69) is 24.1 Å². The Balaban J connectivity index is 1.44. The lowest BCUT2D eigenvalue weighted by atomic mass is 9.96. The number of benzene rings is 2. The molecule has 36 heavy (non-hydrogen) atoms. The van der Waals surface area contributed by atoms with Gasteiger partial charge in [0.05, 0.1) is 28.8 Å². The van der Waals surface area contributed by atoms with Crippen LogP contribution >= 0.6 is 11.3 Å². The van der Waals surface area contributed by atoms with Gasteiger partial charge in [-0.25, -0.2) is 13.4 Å². The summed E-state index contributed by atoms with van der Waals surface area (Å²) in [7, 11) is -3.27. The molecule has 1 amide bonds. The fraction of sp³-hybridized carbons (Fsp3) is 0.407. The molecule has 0 saturated heterocycles. The molecule has 4 rings (SSSR count). The highest BCUT2D eigenvalue weighted by molar-refractivity contribution is 7.91. The minimum Gasteiger partial charge on any atom is -0.376 e. The van der Waals surface area contributed by atoms with E-state index in [9.17, 15) is 18.3 Å². The second-order valence-electron chi connectivity index (χ2n) is 9.80. The molecule has 0 bridgehead atoms. The van der Waals surface area contributed by atoms with Crippen molar-refractivity contribution in [3.8, 4) is 0 Å². The van der Waals surface area contributed by atoms with Gasteiger partial charge < -0.3 is 10.4 Å². The van der Waals surface area contributed by atoms with Crippen molar-refractivity contribution in [3.05, 3.63) is 76.3 Å². The lowest BCUT2D eigenvalue weighted by molar-refractivity contribution is -0.122. The number of carbonyl (C=O) groups is 1. The first-order chi connectivity index (χ1) is 17.0. The average molecular weight is 528 g/mol. The highest BCUT2D eigenvalue weighted by Gasteiger charge is 2.44. The van der Waals surface area contributed by atoms with Gasteiger partial charge in [0, 0.05) is 17.8 Å². The molecule has 0 unspecified atom stereocenters. The summed E-state index contributed by atoms with van der Waals surface area (Å²) in [4.78, 5) is 20.9. The quantitative estimate of drug-likeness (QED) is 0.423. The van der Waals surface area contributed by atoms with E-state index in [0.29, 0.717) is 18.1 Å².